The van der Waals surface area contributed by atoms with Crippen LogP contribution in [-0.2, 0) is 15.8 Å². The van der Waals surface area contributed by atoms with Gasteiger partial charge < -0.3 is 18.6 Å². The molecule has 0 fully saturated rings. The fraction of sp³-hybridized carbons (Fsp3) is 0.520. The van der Waals surface area contributed by atoms with Crippen molar-refractivity contribution in [3.05, 3.63) is 52.3 Å². The number of nitrogens with zero attached hydrogens (tertiary/aromatic N) is 1. The van der Waals surface area contributed by atoms with Crippen LogP contribution in [0.25, 0.3) is 0 Å². The standard InChI is InChI=1S/C25H36BrNO5Si/c1-24(2,3)33(7,8)32-15-14-25(4,30-6)23(28)20-22(29-5)21(19(26)16-27-20)31-17-18-12-10-9-11-13-18/h9-13,16H,14-15,17H2,1-8H3. The summed E-state index contributed by atoms with van der Waals surface area (Å²) in [5.41, 5.74) is 0.0498. The number of Topliss-reactive ketones (excluding diaryl/α,β-unsaturated/α-hetero) is 1. The first-order chi connectivity index (χ1) is 15.4. The van der Waals surface area contributed by atoms with Crippen molar-refractivity contribution < 1.29 is 23.4 Å². The van der Waals surface area contributed by atoms with Crippen molar-refractivity contribution in [3.8, 4) is 11.5 Å². The summed E-state index contributed by atoms with van der Waals surface area (Å²) in [6, 6.07) is 9.78. The number of hydrogen-bond acceptors (Lipinski definition) is 6. The van der Waals surface area contributed by atoms with E-state index in [4.69, 9.17) is 18.6 Å². The lowest BCUT2D eigenvalue weighted by Gasteiger charge is -2.37. The number of rotatable bonds is 11. The monoisotopic (exact) mass is 537 g/mol. The van der Waals surface area contributed by atoms with Crippen LogP contribution in [0.3, 0.4) is 0 Å². The third kappa shape index (κ3) is 6.65. The predicted molar refractivity (Wildman–Crippen MR) is 137 cm³/mol. The summed E-state index contributed by atoms with van der Waals surface area (Å²) in [5, 5.41) is 0.0853. The topological polar surface area (TPSA) is 66.9 Å². The molecule has 1 atom stereocenters. The van der Waals surface area contributed by atoms with E-state index in [-0.39, 0.29) is 22.3 Å². The minimum Gasteiger partial charge on any atom is -0.491 e. The zero-order valence-electron chi connectivity index (χ0n) is 21.0. The van der Waals surface area contributed by atoms with Gasteiger partial charge in [0.1, 0.15) is 12.2 Å². The second-order valence-corrected chi connectivity index (χ2v) is 15.4. The van der Waals surface area contributed by atoms with Crippen LogP contribution in [0.15, 0.2) is 41.0 Å². The van der Waals surface area contributed by atoms with E-state index in [2.05, 4.69) is 54.8 Å². The van der Waals surface area contributed by atoms with Crippen LogP contribution in [-0.4, -0.2) is 45.5 Å². The van der Waals surface area contributed by atoms with Gasteiger partial charge in [-0.25, -0.2) is 4.98 Å². The lowest BCUT2D eigenvalue weighted by molar-refractivity contribution is -0.000273. The van der Waals surface area contributed by atoms with Crippen molar-refractivity contribution in [3.63, 3.8) is 0 Å². The summed E-state index contributed by atoms with van der Waals surface area (Å²) in [6.07, 6.45) is 1.95. The van der Waals surface area contributed by atoms with Gasteiger partial charge in [-0.3, -0.25) is 4.79 Å². The first-order valence-corrected chi connectivity index (χ1v) is 14.7. The van der Waals surface area contributed by atoms with Crippen LogP contribution in [0, 0.1) is 0 Å². The van der Waals surface area contributed by atoms with Crippen molar-refractivity contribution in [2.45, 2.75) is 64.5 Å². The van der Waals surface area contributed by atoms with Gasteiger partial charge in [-0.05, 0) is 46.5 Å². The molecule has 1 aromatic carbocycles. The van der Waals surface area contributed by atoms with Crippen molar-refractivity contribution in [2.24, 2.45) is 0 Å². The Hall–Kier alpha value is -1.74. The molecule has 1 aromatic heterocycles. The molecule has 0 bridgehead atoms. The first kappa shape index (κ1) is 27.5. The molecule has 0 N–H and O–H groups in total. The summed E-state index contributed by atoms with van der Waals surface area (Å²) >= 11 is 3.47. The first-order valence-electron chi connectivity index (χ1n) is 11.0. The molecule has 6 nitrogen and oxygen atoms in total. The second-order valence-electron chi connectivity index (χ2n) is 9.71. The molecule has 8 heteroatoms. The Balaban J connectivity index is 2.26. The predicted octanol–water partition coefficient (Wildman–Crippen LogP) is 6.43. The van der Waals surface area contributed by atoms with E-state index in [1.54, 1.807) is 13.1 Å². The van der Waals surface area contributed by atoms with Gasteiger partial charge in [0.15, 0.2) is 25.5 Å². The van der Waals surface area contributed by atoms with Crippen LogP contribution in [0.4, 0.5) is 0 Å². The zero-order chi connectivity index (χ0) is 24.9. The molecule has 0 saturated heterocycles. The van der Waals surface area contributed by atoms with Crippen molar-refractivity contribution in [2.75, 3.05) is 20.8 Å². The van der Waals surface area contributed by atoms with Crippen molar-refractivity contribution >= 4 is 30.0 Å². The minimum atomic E-state index is -1.94. The number of aromatic nitrogens is 1. The Morgan fingerprint density at radius 1 is 1.06 bits per heavy atom. The number of ether oxygens (including phenoxy) is 3. The molecule has 1 heterocycles. The van der Waals surface area contributed by atoms with E-state index in [1.165, 1.54) is 14.2 Å². The number of pyridine rings is 1. The number of carbonyl (C=O) groups excluding carboxylic acids is 1. The average Bonchev–Trinajstić information content (AvgIpc) is 2.77. The van der Waals surface area contributed by atoms with Crippen LogP contribution >= 0.6 is 15.9 Å². The largest absolute Gasteiger partial charge is 0.491 e. The van der Waals surface area contributed by atoms with E-state index in [9.17, 15) is 4.79 Å². The van der Waals surface area contributed by atoms with E-state index < -0.39 is 13.9 Å². The minimum absolute atomic E-state index is 0.0853. The molecular formula is C25H36BrNO5Si. The number of carbonyl (C=O) groups is 1. The van der Waals surface area contributed by atoms with E-state index >= 15 is 0 Å². The molecule has 0 saturated carbocycles. The lowest BCUT2D eigenvalue weighted by atomic mass is 9.93. The molecule has 2 aromatic rings. The van der Waals surface area contributed by atoms with Gasteiger partial charge in [0.25, 0.3) is 0 Å². The summed E-state index contributed by atoms with van der Waals surface area (Å²) < 4.78 is 24.2. The highest BCUT2D eigenvalue weighted by molar-refractivity contribution is 9.10. The molecule has 1 unspecified atom stereocenters. The Bertz CT molecular complexity index is 946. The lowest BCUT2D eigenvalue weighted by Crippen LogP contribution is -2.44. The molecule has 0 amide bonds. The maximum Gasteiger partial charge on any atom is 0.216 e. The van der Waals surface area contributed by atoms with Crippen molar-refractivity contribution in [1.82, 2.24) is 4.98 Å². The Morgan fingerprint density at radius 3 is 2.24 bits per heavy atom. The third-order valence-corrected chi connectivity index (χ3v) is 11.5. The molecule has 33 heavy (non-hydrogen) atoms. The van der Waals surface area contributed by atoms with Gasteiger partial charge in [-0.2, -0.15) is 0 Å². The third-order valence-electron chi connectivity index (χ3n) is 6.37. The van der Waals surface area contributed by atoms with Gasteiger partial charge in [-0.15, -0.1) is 0 Å². The smallest absolute Gasteiger partial charge is 0.216 e. The van der Waals surface area contributed by atoms with E-state index in [0.717, 1.165) is 5.56 Å². The highest BCUT2D eigenvalue weighted by atomic mass is 79.9. The second kappa shape index (κ2) is 11.1. The number of ketones is 1. The highest BCUT2D eigenvalue weighted by Crippen LogP contribution is 2.40. The zero-order valence-corrected chi connectivity index (χ0v) is 23.5. The fourth-order valence-corrected chi connectivity index (χ4v) is 4.39. The number of halogens is 1. The molecule has 2 rings (SSSR count). The number of methoxy groups -OCH3 is 2. The Kier molecular flexibility index (Phi) is 9.27. The Morgan fingerprint density at radius 2 is 1.70 bits per heavy atom. The summed E-state index contributed by atoms with van der Waals surface area (Å²) in [4.78, 5) is 17.9. The van der Waals surface area contributed by atoms with E-state index in [0.29, 0.717) is 29.9 Å². The van der Waals surface area contributed by atoms with Gasteiger partial charge in [0.2, 0.25) is 5.78 Å². The average molecular weight is 539 g/mol. The van der Waals surface area contributed by atoms with Gasteiger partial charge in [0, 0.05) is 26.3 Å². The summed E-state index contributed by atoms with van der Waals surface area (Å²) in [7, 11) is 1.09. The molecule has 0 aliphatic carbocycles. The number of hydrogen-bond donors (Lipinski definition) is 0. The van der Waals surface area contributed by atoms with Gasteiger partial charge in [0.05, 0.1) is 11.6 Å². The van der Waals surface area contributed by atoms with Gasteiger partial charge >= 0.3 is 0 Å². The van der Waals surface area contributed by atoms with Crippen LogP contribution in [0.1, 0.15) is 50.2 Å². The van der Waals surface area contributed by atoms with Crippen LogP contribution in [0.5, 0.6) is 11.5 Å². The van der Waals surface area contributed by atoms with Crippen LogP contribution in [0.2, 0.25) is 18.1 Å². The quantitative estimate of drug-likeness (QED) is 0.243. The molecule has 0 radical (unpaired) electrons. The van der Waals surface area contributed by atoms with Crippen molar-refractivity contribution in [1.29, 1.82) is 0 Å². The maximum atomic E-state index is 13.6. The normalized spacial score (nSPS) is 14.0. The fourth-order valence-electron chi connectivity index (χ4n) is 2.95. The highest BCUT2D eigenvalue weighted by Gasteiger charge is 2.41. The molecular weight excluding hydrogens is 502 g/mol. The summed E-state index contributed by atoms with van der Waals surface area (Å²) in [5.74, 6) is 0.423. The molecule has 0 aliphatic heterocycles. The SMILES string of the molecule is COc1c(C(=O)C(C)(CCO[Si](C)(C)C(C)(C)C)OC)ncc(Br)c1OCc1ccccc1. The molecule has 182 valence electrons. The summed E-state index contributed by atoms with van der Waals surface area (Å²) in [6.45, 7) is 13.5. The Labute approximate surface area is 207 Å². The van der Waals surface area contributed by atoms with Gasteiger partial charge in [-0.1, -0.05) is 51.1 Å². The molecule has 0 spiro atoms. The van der Waals surface area contributed by atoms with Crippen LogP contribution < -0.4 is 9.47 Å². The maximum absolute atomic E-state index is 13.6. The number of benzene rings is 1. The molecule has 0 aliphatic rings. The van der Waals surface area contributed by atoms with E-state index in [1.807, 2.05) is 30.3 Å².